The van der Waals surface area contributed by atoms with Gasteiger partial charge in [0.1, 0.15) is 5.75 Å². The lowest BCUT2D eigenvalue weighted by molar-refractivity contribution is -0.118. The predicted octanol–water partition coefficient (Wildman–Crippen LogP) is 4.10. The Morgan fingerprint density at radius 3 is 2.62 bits per heavy atom. The van der Waals surface area contributed by atoms with E-state index >= 15 is 0 Å². The van der Waals surface area contributed by atoms with Gasteiger partial charge in [-0.15, -0.1) is 10.2 Å². The van der Waals surface area contributed by atoms with E-state index in [2.05, 4.69) is 15.2 Å². The minimum Gasteiger partial charge on any atom is -0.494 e. The average molecular weight is 408 g/mol. The molecule has 0 aliphatic carbocycles. The van der Waals surface area contributed by atoms with Crippen LogP contribution in [0, 0.1) is 0 Å². The fourth-order valence-electron chi connectivity index (χ4n) is 3.25. The molecule has 1 aliphatic heterocycles. The van der Waals surface area contributed by atoms with Crippen molar-refractivity contribution in [3.63, 3.8) is 0 Å². The van der Waals surface area contributed by atoms with Crippen molar-refractivity contribution in [3.8, 4) is 22.9 Å². The Hall–Kier alpha value is -3.13. The number of anilines is 1. The summed E-state index contributed by atoms with van der Waals surface area (Å²) in [5.74, 6) is 0.954. The van der Waals surface area contributed by atoms with E-state index in [0.717, 1.165) is 16.9 Å². The molecule has 29 heavy (non-hydrogen) atoms. The summed E-state index contributed by atoms with van der Waals surface area (Å²) in [4.78, 5) is 18.8. The van der Waals surface area contributed by atoms with E-state index < -0.39 is 6.23 Å². The first-order valence-electron chi connectivity index (χ1n) is 9.19. The summed E-state index contributed by atoms with van der Waals surface area (Å²) in [6, 6.07) is 15.1. The van der Waals surface area contributed by atoms with Gasteiger partial charge in [0.15, 0.2) is 5.69 Å². The number of nitrogens with zero attached hydrogens (tertiary/aromatic N) is 4. The molecular weight excluding hydrogens is 388 g/mol. The van der Waals surface area contributed by atoms with Gasteiger partial charge in [-0.2, -0.15) is 4.98 Å². The third-order valence-corrected chi connectivity index (χ3v) is 5.05. The normalized spacial score (nSPS) is 15.0. The van der Waals surface area contributed by atoms with Crippen molar-refractivity contribution in [2.24, 2.45) is 0 Å². The van der Waals surface area contributed by atoms with E-state index in [1.807, 2.05) is 61.7 Å². The van der Waals surface area contributed by atoms with Gasteiger partial charge in [-0.3, -0.25) is 9.69 Å². The highest BCUT2D eigenvalue weighted by Crippen LogP contribution is 2.43. The van der Waals surface area contributed by atoms with Crippen molar-refractivity contribution in [2.75, 3.05) is 17.8 Å². The topological polar surface area (TPSA) is 77.4 Å². The van der Waals surface area contributed by atoms with Crippen LogP contribution in [0.5, 0.6) is 11.6 Å². The number of rotatable bonds is 4. The van der Waals surface area contributed by atoms with Crippen LogP contribution in [-0.4, -0.2) is 34.0 Å². The van der Waals surface area contributed by atoms with Gasteiger partial charge in [-0.25, -0.2) is 0 Å². The number of hydrogen-bond acceptors (Lipinski definition) is 7. The number of thioether (sulfide) groups is 1. The fraction of sp³-hybridized carbons (Fsp3) is 0.238. The van der Waals surface area contributed by atoms with E-state index in [-0.39, 0.29) is 5.91 Å². The minimum atomic E-state index is -0.697. The molecule has 0 spiro atoms. The number of carbonyl (C=O) groups is 1. The van der Waals surface area contributed by atoms with Crippen molar-refractivity contribution in [1.29, 1.82) is 0 Å². The second kappa shape index (κ2) is 8.08. The van der Waals surface area contributed by atoms with Gasteiger partial charge in [0.25, 0.3) is 0 Å². The van der Waals surface area contributed by atoms with Gasteiger partial charge in [0, 0.05) is 18.1 Å². The van der Waals surface area contributed by atoms with E-state index in [9.17, 15) is 4.79 Å². The van der Waals surface area contributed by atoms with Crippen molar-refractivity contribution in [2.45, 2.75) is 25.2 Å². The molecule has 2 aromatic carbocycles. The Morgan fingerprint density at radius 2 is 1.93 bits per heavy atom. The number of ether oxygens (including phenoxy) is 2. The Kier molecular flexibility index (Phi) is 5.35. The molecule has 0 N–H and O–H groups in total. The molecule has 7 nitrogen and oxygen atoms in total. The van der Waals surface area contributed by atoms with Gasteiger partial charge in [-0.1, -0.05) is 30.0 Å². The highest BCUT2D eigenvalue weighted by Gasteiger charge is 2.34. The van der Waals surface area contributed by atoms with Gasteiger partial charge in [0.2, 0.25) is 23.2 Å². The maximum absolute atomic E-state index is 12.7. The lowest BCUT2D eigenvalue weighted by Gasteiger charge is -2.30. The highest BCUT2D eigenvalue weighted by molar-refractivity contribution is 7.98. The van der Waals surface area contributed by atoms with E-state index in [1.54, 1.807) is 4.90 Å². The Labute approximate surface area is 173 Å². The molecule has 1 aliphatic rings. The van der Waals surface area contributed by atoms with E-state index in [1.165, 1.54) is 18.7 Å². The molecular formula is C21H20N4O3S. The van der Waals surface area contributed by atoms with Crippen molar-refractivity contribution in [1.82, 2.24) is 15.2 Å². The number of para-hydroxylation sites is 1. The van der Waals surface area contributed by atoms with Crippen LogP contribution in [0.1, 0.15) is 25.6 Å². The lowest BCUT2D eigenvalue weighted by Crippen LogP contribution is -2.36. The Bertz CT molecular complexity index is 1040. The first kappa shape index (κ1) is 19.2. The summed E-state index contributed by atoms with van der Waals surface area (Å²) in [6.07, 6.45) is 1.18. The third-order valence-electron chi connectivity index (χ3n) is 4.51. The molecule has 0 saturated heterocycles. The molecule has 0 fully saturated rings. The van der Waals surface area contributed by atoms with E-state index in [4.69, 9.17) is 9.47 Å². The van der Waals surface area contributed by atoms with Crippen LogP contribution >= 0.6 is 11.8 Å². The second-order valence-corrected chi connectivity index (χ2v) is 7.10. The fourth-order valence-corrected chi connectivity index (χ4v) is 3.55. The molecule has 0 saturated carbocycles. The molecule has 0 radical (unpaired) electrons. The molecule has 2 heterocycles. The molecule has 0 bridgehead atoms. The largest absolute Gasteiger partial charge is 0.494 e. The molecule has 1 atom stereocenters. The van der Waals surface area contributed by atoms with Crippen molar-refractivity contribution in [3.05, 3.63) is 54.1 Å². The zero-order valence-corrected chi connectivity index (χ0v) is 17.1. The monoisotopic (exact) mass is 408 g/mol. The Morgan fingerprint density at radius 1 is 1.17 bits per heavy atom. The number of aromatic nitrogens is 3. The Balaban J connectivity index is 1.89. The lowest BCUT2D eigenvalue weighted by atomic mass is 10.1. The molecule has 1 unspecified atom stereocenters. The highest BCUT2D eigenvalue weighted by atomic mass is 32.2. The standard InChI is InChI=1S/C21H20N4O3S/c1-4-27-15-11-9-14(10-12-15)20-25(13(2)26)17-8-6-5-7-16(17)18-19(28-20)22-21(29-3)24-23-18/h5-12,20H,4H2,1-3H3. The first-order chi connectivity index (χ1) is 14.1. The van der Waals surface area contributed by atoms with Crippen LogP contribution in [0.4, 0.5) is 5.69 Å². The van der Waals surface area contributed by atoms with Crippen molar-refractivity contribution < 1.29 is 14.3 Å². The zero-order valence-electron chi connectivity index (χ0n) is 16.3. The molecule has 1 amide bonds. The average Bonchev–Trinajstić information content (AvgIpc) is 2.88. The third kappa shape index (κ3) is 3.63. The summed E-state index contributed by atoms with van der Waals surface area (Å²) >= 11 is 1.38. The number of carbonyl (C=O) groups excluding carboxylic acids is 1. The first-order valence-corrected chi connectivity index (χ1v) is 10.4. The van der Waals surface area contributed by atoms with Crippen LogP contribution in [0.2, 0.25) is 0 Å². The second-order valence-electron chi connectivity index (χ2n) is 6.33. The maximum Gasteiger partial charge on any atom is 0.247 e. The minimum absolute atomic E-state index is 0.151. The summed E-state index contributed by atoms with van der Waals surface area (Å²) in [5, 5.41) is 8.99. The maximum atomic E-state index is 12.7. The number of fused-ring (bicyclic) bond motifs is 3. The molecule has 3 aromatic rings. The molecule has 148 valence electrons. The van der Waals surface area contributed by atoms with E-state index in [0.29, 0.717) is 29.0 Å². The van der Waals surface area contributed by atoms with Crippen LogP contribution in [0.15, 0.2) is 53.7 Å². The summed E-state index contributed by atoms with van der Waals surface area (Å²) < 4.78 is 11.8. The molecule has 8 heteroatoms. The van der Waals surface area contributed by atoms with Gasteiger partial charge >= 0.3 is 0 Å². The van der Waals surface area contributed by atoms with Crippen molar-refractivity contribution >= 4 is 23.4 Å². The van der Waals surface area contributed by atoms with Gasteiger partial charge in [0.05, 0.1) is 12.3 Å². The van der Waals surface area contributed by atoms with Crippen LogP contribution < -0.4 is 14.4 Å². The van der Waals surface area contributed by atoms with Gasteiger partial charge < -0.3 is 9.47 Å². The smallest absolute Gasteiger partial charge is 0.247 e. The molecule has 1 aromatic heterocycles. The summed E-state index contributed by atoms with van der Waals surface area (Å²) in [7, 11) is 0. The summed E-state index contributed by atoms with van der Waals surface area (Å²) in [6.45, 7) is 4.04. The van der Waals surface area contributed by atoms with Crippen LogP contribution in [0.3, 0.4) is 0 Å². The van der Waals surface area contributed by atoms with Gasteiger partial charge in [-0.05, 0) is 43.5 Å². The quantitative estimate of drug-likeness (QED) is 0.601. The SMILES string of the molecule is CCOc1ccc(C2Oc3nc(SC)nnc3-c3ccccc3N2C(C)=O)cc1. The van der Waals surface area contributed by atoms with Crippen LogP contribution in [-0.2, 0) is 4.79 Å². The van der Waals surface area contributed by atoms with Crippen LogP contribution in [0.25, 0.3) is 11.3 Å². The number of benzene rings is 2. The number of hydrogen-bond donors (Lipinski definition) is 0. The zero-order chi connectivity index (χ0) is 20.4. The molecule has 4 rings (SSSR count). The number of amides is 1. The predicted molar refractivity (Wildman–Crippen MR) is 111 cm³/mol. The summed E-state index contributed by atoms with van der Waals surface area (Å²) in [5.41, 5.74) is 2.76.